The van der Waals surface area contributed by atoms with Gasteiger partial charge in [-0.05, 0) is 11.2 Å². The molecule has 17 heavy (non-hydrogen) atoms. The smallest absolute Gasteiger partial charge is 0.377 e. The second-order valence-corrected chi connectivity index (χ2v) is 3.66. The second-order valence-electron chi connectivity index (χ2n) is 3.66. The zero-order chi connectivity index (χ0) is 11.8. The molecule has 1 aromatic carbocycles. The molecule has 1 N–H and O–H groups in total. The lowest BCUT2D eigenvalue weighted by Gasteiger charge is -2.00. The lowest BCUT2D eigenvalue weighted by atomic mass is 10.0. The monoisotopic (exact) mass is 232 g/mol. The Morgan fingerprint density at radius 2 is 2.24 bits per heavy atom. The summed E-state index contributed by atoms with van der Waals surface area (Å²) >= 11 is 0. The number of carboxylic acid groups (broad SMARTS) is 1. The molecule has 6 heteroatoms. The number of carbonyl (C=O) groups is 1. The van der Waals surface area contributed by atoms with Gasteiger partial charge in [0.25, 0.3) is 5.82 Å². The van der Waals surface area contributed by atoms with E-state index in [-0.39, 0.29) is 17.6 Å². The SMILES string of the molecule is O=C(O)c1noc(C2COc3ccccc32)n1. The summed E-state index contributed by atoms with van der Waals surface area (Å²) in [5.74, 6) is -0.677. The van der Waals surface area contributed by atoms with E-state index in [4.69, 9.17) is 14.4 Å². The van der Waals surface area contributed by atoms with E-state index in [1.807, 2.05) is 24.3 Å². The van der Waals surface area contributed by atoms with Crippen molar-refractivity contribution in [1.82, 2.24) is 10.1 Å². The minimum atomic E-state index is -1.20. The van der Waals surface area contributed by atoms with E-state index in [1.54, 1.807) is 0 Å². The van der Waals surface area contributed by atoms with Crippen LogP contribution in [0.25, 0.3) is 0 Å². The van der Waals surface area contributed by atoms with Gasteiger partial charge in [0.2, 0.25) is 5.89 Å². The van der Waals surface area contributed by atoms with Gasteiger partial charge in [-0.2, -0.15) is 4.98 Å². The first-order valence-electron chi connectivity index (χ1n) is 5.04. The summed E-state index contributed by atoms with van der Waals surface area (Å²) in [6, 6.07) is 7.51. The van der Waals surface area contributed by atoms with Crippen LogP contribution in [0.15, 0.2) is 28.8 Å². The molecule has 0 saturated carbocycles. The predicted octanol–water partition coefficient (Wildman–Crippen LogP) is 1.29. The van der Waals surface area contributed by atoms with Crippen LogP contribution in [0.3, 0.4) is 0 Å². The Morgan fingerprint density at radius 1 is 1.41 bits per heavy atom. The summed E-state index contributed by atoms with van der Waals surface area (Å²) in [6.45, 7) is 0.389. The maximum absolute atomic E-state index is 10.7. The molecule has 6 nitrogen and oxygen atoms in total. The third-order valence-electron chi connectivity index (χ3n) is 2.63. The summed E-state index contributed by atoms with van der Waals surface area (Å²) in [5, 5.41) is 12.1. The normalized spacial score (nSPS) is 17.5. The zero-order valence-electron chi connectivity index (χ0n) is 8.66. The Kier molecular flexibility index (Phi) is 2.07. The summed E-state index contributed by atoms with van der Waals surface area (Å²) in [6.07, 6.45) is 0. The number of hydrogen-bond donors (Lipinski definition) is 1. The molecule has 0 bridgehead atoms. The topological polar surface area (TPSA) is 85.5 Å². The number of para-hydroxylation sites is 1. The van der Waals surface area contributed by atoms with Crippen LogP contribution in [0.5, 0.6) is 5.75 Å². The second kappa shape index (κ2) is 3.58. The number of nitrogens with zero attached hydrogens (tertiary/aromatic N) is 2. The van der Waals surface area contributed by atoms with Crippen molar-refractivity contribution < 1.29 is 19.2 Å². The highest BCUT2D eigenvalue weighted by Gasteiger charge is 2.30. The molecule has 1 aliphatic heterocycles. The molecule has 1 aromatic heterocycles. The van der Waals surface area contributed by atoms with E-state index in [9.17, 15) is 4.79 Å². The van der Waals surface area contributed by atoms with Crippen LogP contribution in [0.4, 0.5) is 0 Å². The van der Waals surface area contributed by atoms with Gasteiger partial charge in [-0.1, -0.05) is 18.2 Å². The Labute approximate surface area is 95.8 Å². The van der Waals surface area contributed by atoms with Crippen LogP contribution < -0.4 is 4.74 Å². The van der Waals surface area contributed by atoms with Gasteiger partial charge in [0.1, 0.15) is 18.3 Å². The van der Waals surface area contributed by atoms with Gasteiger partial charge < -0.3 is 14.4 Å². The molecule has 2 aromatic rings. The number of rotatable bonds is 2. The van der Waals surface area contributed by atoms with Gasteiger partial charge in [0, 0.05) is 5.56 Å². The number of aromatic carboxylic acids is 1. The standard InChI is InChI=1S/C11H8N2O4/c14-11(15)9-12-10(17-13-9)7-5-16-8-4-2-1-3-6(7)8/h1-4,7H,5H2,(H,14,15). The van der Waals surface area contributed by atoms with Crippen molar-refractivity contribution in [3.63, 3.8) is 0 Å². The molecule has 0 aliphatic carbocycles. The van der Waals surface area contributed by atoms with Gasteiger partial charge in [-0.25, -0.2) is 4.79 Å². The lowest BCUT2D eigenvalue weighted by molar-refractivity contribution is 0.0680. The largest absolute Gasteiger partial charge is 0.492 e. The molecular weight excluding hydrogens is 224 g/mol. The van der Waals surface area contributed by atoms with Crippen LogP contribution in [0, 0.1) is 0 Å². The van der Waals surface area contributed by atoms with Crippen LogP contribution in [-0.4, -0.2) is 27.8 Å². The average Bonchev–Trinajstić information content (AvgIpc) is 2.95. The zero-order valence-corrected chi connectivity index (χ0v) is 8.66. The minimum Gasteiger partial charge on any atom is -0.492 e. The van der Waals surface area contributed by atoms with E-state index in [2.05, 4.69) is 10.1 Å². The highest BCUT2D eigenvalue weighted by molar-refractivity contribution is 5.82. The molecule has 1 atom stereocenters. The Bertz CT molecular complexity index is 578. The van der Waals surface area contributed by atoms with Crippen LogP contribution in [0.1, 0.15) is 28.0 Å². The van der Waals surface area contributed by atoms with Crippen LogP contribution in [-0.2, 0) is 0 Å². The Balaban J connectivity index is 1.98. The molecular formula is C11H8N2O4. The minimum absolute atomic E-state index is 0.188. The first-order chi connectivity index (χ1) is 8.25. The van der Waals surface area contributed by atoms with E-state index < -0.39 is 5.97 Å². The molecule has 1 unspecified atom stereocenters. The summed E-state index contributed by atoms with van der Waals surface area (Å²) < 4.78 is 10.4. The molecule has 0 fully saturated rings. The maximum Gasteiger partial charge on any atom is 0.377 e. The van der Waals surface area contributed by atoms with Crippen molar-refractivity contribution in [2.24, 2.45) is 0 Å². The van der Waals surface area contributed by atoms with Gasteiger partial charge in [-0.3, -0.25) is 0 Å². The third kappa shape index (κ3) is 1.54. The van der Waals surface area contributed by atoms with Crippen LogP contribution >= 0.6 is 0 Å². The molecule has 1 aliphatic rings. The molecule has 0 amide bonds. The molecule has 86 valence electrons. The lowest BCUT2D eigenvalue weighted by Crippen LogP contribution is -2.04. The van der Waals surface area contributed by atoms with Gasteiger partial charge >= 0.3 is 5.97 Å². The molecule has 0 saturated heterocycles. The number of benzene rings is 1. The summed E-state index contributed by atoms with van der Waals surface area (Å²) in [4.78, 5) is 14.5. The maximum atomic E-state index is 10.7. The Hall–Kier alpha value is -2.37. The van der Waals surface area contributed by atoms with Gasteiger partial charge in [0.05, 0.1) is 0 Å². The van der Waals surface area contributed by atoms with Crippen molar-refractivity contribution in [3.8, 4) is 5.75 Å². The van der Waals surface area contributed by atoms with E-state index in [1.165, 1.54) is 0 Å². The highest BCUT2D eigenvalue weighted by atomic mass is 16.5. The molecule has 2 heterocycles. The van der Waals surface area contributed by atoms with Crippen molar-refractivity contribution in [2.75, 3.05) is 6.61 Å². The predicted molar refractivity (Wildman–Crippen MR) is 55.0 cm³/mol. The summed E-state index contributed by atoms with van der Waals surface area (Å²) in [7, 11) is 0. The average molecular weight is 232 g/mol. The van der Waals surface area contributed by atoms with E-state index >= 15 is 0 Å². The molecule has 0 radical (unpaired) electrons. The number of aromatic nitrogens is 2. The highest BCUT2D eigenvalue weighted by Crippen LogP contribution is 2.36. The van der Waals surface area contributed by atoms with Gasteiger partial charge in [0.15, 0.2) is 0 Å². The Morgan fingerprint density at radius 3 is 3.00 bits per heavy atom. The van der Waals surface area contributed by atoms with E-state index in [0.29, 0.717) is 6.61 Å². The first-order valence-corrected chi connectivity index (χ1v) is 5.04. The fourth-order valence-corrected chi connectivity index (χ4v) is 1.83. The number of carboxylic acids is 1. The fraction of sp³-hybridized carbons (Fsp3) is 0.182. The third-order valence-corrected chi connectivity index (χ3v) is 2.63. The number of fused-ring (bicyclic) bond motifs is 1. The van der Waals surface area contributed by atoms with Crippen molar-refractivity contribution in [3.05, 3.63) is 41.5 Å². The first kappa shape index (κ1) is 9.83. The quantitative estimate of drug-likeness (QED) is 0.839. The fourth-order valence-electron chi connectivity index (χ4n) is 1.83. The summed E-state index contributed by atoms with van der Waals surface area (Å²) in [5.41, 5.74) is 0.938. The van der Waals surface area contributed by atoms with E-state index in [0.717, 1.165) is 11.3 Å². The van der Waals surface area contributed by atoms with Crippen LogP contribution in [0.2, 0.25) is 0 Å². The number of hydrogen-bond acceptors (Lipinski definition) is 5. The van der Waals surface area contributed by atoms with Gasteiger partial charge in [-0.15, -0.1) is 0 Å². The van der Waals surface area contributed by atoms with Crippen molar-refractivity contribution >= 4 is 5.97 Å². The molecule has 3 rings (SSSR count). The van der Waals surface area contributed by atoms with Crippen molar-refractivity contribution in [2.45, 2.75) is 5.92 Å². The number of ether oxygens (including phenoxy) is 1. The molecule has 0 spiro atoms. The van der Waals surface area contributed by atoms with Crippen molar-refractivity contribution in [1.29, 1.82) is 0 Å².